The average molecular weight is 283 g/mol. The van der Waals surface area contributed by atoms with Crippen LogP contribution in [0.1, 0.15) is 15.4 Å². The minimum atomic E-state index is -1.03. The Balaban J connectivity index is 1.96. The highest BCUT2D eigenvalue weighted by atomic mass is 35.5. The maximum absolute atomic E-state index is 10.9. The summed E-state index contributed by atoms with van der Waals surface area (Å²) in [4.78, 5) is 15.9. The fourth-order valence-corrected chi connectivity index (χ4v) is 2.61. The van der Waals surface area contributed by atoms with Gasteiger partial charge in [-0.05, 0) is 30.7 Å². The predicted octanol–water partition coefficient (Wildman–Crippen LogP) is 3.15. The molecule has 2 N–H and O–H groups in total. The van der Waals surface area contributed by atoms with Crippen molar-refractivity contribution in [2.45, 2.75) is 6.42 Å². The normalized spacial score (nSPS) is 10.3. The summed E-state index contributed by atoms with van der Waals surface area (Å²) in [5, 5.41) is 12.0. The fraction of sp³-hybridized carbons (Fsp3) is 0.167. The number of aromatic carboxylic acids is 1. The number of carboxylic acid groups (broad SMARTS) is 1. The quantitative estimate of drug-likeness (QED) is 0.884. The second-order valence-electron chi connectivity index (χ2n) is 3.59. The number of anilines is 1. The maximum Gasteiger partial charge on any atom is 0.356 e. The number of nitrogens with one attached hydrogen (secondary N) is 1. The highest BCUT2D eigenvalue weighted by Gasteiger charge is 2.10. The number of rotatable bonds is 5. The van der Waals surface area contributed by atoms with Gasteiger partial charge in [0.05, 0.1) is 10.0 Å². The van der Waals surface area contributed by atoms with Gasteiger partial charge < -0.3 is 10.4 Å². The SMILES string of the molecule is O=C(O)c1ncccc1NCCc1ccc(Cl)s1. The summed E-state index contributed by atoms with van der Waals surface area (Å²) in [7, 11) is 0. The Labute approximate surface area is 113 Å². The van der Waals surface area contributed by atoms with Crippen molar-refractivity contribution < 1.29 is 9.90 Å². The number of carboxylic acids is 1. The summed E-state index contributed by atoms with van der Waals surface area (Å²) in [6.07, 6.45) is 2.26. The molecule has 18 heavy (non-hydrogen) atoms. The molecule has 0 radical (unpaired) electrons. The highest BCUT2D eigenvalue weighted by Crippen LogP contribution is 2.22. The second-order valence-corrected chi connectivity index (χ2v) is 5.39. The lowest BCUT2D eigenvalue weighted by atomic mass is 10.2. The molecule has 0 aliphatic heterocycles. The van der Waals surface area contributed by atoms with E-state index in [9.17, 15) is 4.79 Å². The van der Waals surface area contributed by atoms with Gasteiger partial charge in [0.2, 0.25) is 0 Å². The minimum Gasteiger partial charge on any atom is -0.476 e. The van der Waals surface area contributed by atoms with E-state index >= 15 is 0 Å². The summed E-state index contributed by atoms with van der Waals surface area (Å²) in [6, 6.07) is 7.24. The van der Waals surface area contributed by atoms with Crippen molar-refractivity contribution in [3.8, 4) is 0 Å². The van der Waals surface area contributed by atoms with Gasteiger partial charge in [0.1, 0.15) is 0 Å². The van der Waals surface area contributed by atoms with Crippen molar-refractivity contribution in [1.82, 2.24) is 4.98 Å². The van der Waals surface area contributed by atoms with E-state index in [0.717, 1.165) is 15.6 Å². The van der Waals surface area contributed by atoms with E-state index in [0.29, 0.717) is 12.2 Å². The van der Waals surface area contributed by atoms with E-state index < -0.39 is 5.97 Å². The zero-order valence-electron chi connectivity index (χ0n) is 9.39. The molecule has 0 aromatic carbocycles. The van der Waals surface area contributed by atoms with Gasteiger partial charge in [0, 0.05) is 17.6 Å². The molecule has 2 rings (SSSR count). The van der Waals surface area contributed by atoms with Gasteiger partial charge >= 0.3 is 5.97 Å². The molecule has 2 aromatic heterocycles. The molecule has 0 spiro atoms. The molecule has 0 saturated heterocycles. The number of halogens is 1. The van der Waals surface area contributed by atoms with E-state index in [1.807, 2.05) is 12.1 Å². The smallest absolute Gasteiger partial charge is 0.356 e. The van der Waals surface area contributed by atoms with Crippen LogP contribution in [0, 0.1) is 0 Å². The van der Waals surface area contributed by atoms with Gasteiger partial charge in [-0.25, -0.2) is 9.78 Å². The Morgan fingerprint density at radius 3 is 2.94 bits per heavy atom. The van der Waals surface area contributed by atoms with Crippen LogP contribution in [0.4, 0.5) is 5.69 Å². The molecule has 0 unspecified atom stereocenters. The topological polar surface area (TPSA) is 62.2 Å². The zero-order chi connectivity index (χ0) is 13.0. The van der Waals surface area contributed by atoms with Crippen LogP contribution in [0.5, 0.6) is 0 Å². The average Bonchev–Trinajstić information content (AvgIpc) is 2.75. The van der Waals surface area contributed by atoms with E-state index in [1.54, 1.807) is 12.1 Å². The Bertz CT molecular complexity index is 557. The first-order valence-corrected chi connectivity index (χ1v) is 6.52. The van der Waals surface area contributed by atoms with Crippen molar-refractivity contribution in [1.29, 1.82) is 0 Å². The molecule has 0 saturated carbocycles. The van der Waals surface area contributed by atoms with Crippen LogP contribution in [0.25, 0.3) is 0 Å². The minimum absolute atomic E-state index is 0.0433. The van der Waals surface area contributed by atoms with Gasteiger partial charge in [-0.1, -0.05) is 11.6 Å². The van der Waals surface area contributed by atoms with Crippen LogP contribution in [0.2, 0.25) is 4.34 Å². The van der Waals surface area contributed by atoms with Gasteiger partial charge in [-0.15, -0.1) is 11.3 Å². The van der Waals surface area contributed by atoms with E-state index in [2.05, 4.69) is 10.3 Å². The van der Waals surface area contributed by atoms with Crippen LogP contribution in [-0.2, 0) is 6.42 Å². The molecular formula is C12H11ClN2O2S. The zero-order valence-corrected chi connectivity index (χ0v) is 11.0. The van der Waals surface area contributed by atoms with Crippen molar-refractivity contribution in [2.75, 3.05) is 11.9 Å². The standard InChI is InChI=1S/C12H11ClN2O2S/c13-10-4-3-8(18-10)5-7-14-9-2-1-6-15-11(9)12(16)17/h1-4,6,14H,5,7H2,(H,16,17). The molecule has 4 nitrogen and oxygen atoms in total. The first-order chi connectivity index (χ1) is 8.66. The van der Waals surface area contributed by atoms with Gasteiger partial charge in [0.25, 0.3) is 0 Å². The molecule has 0 atom stereocenters. The number of aromatic nitrogens is 1. The van der Waals surface area contributed by atoms with Crippen LogP contribution in [0.15, 0.2) is 30.5 Å². The lowest BCUT2D eigenvalue weighted by Gasteiger charge is -2.07. The predicted molar refractivity (Wildman–Crippen MR) is 72.7 cm³/mol. The third-order valence-corrected chi connectivity index (χ3v) is 3.62. The molecule has 0 fully saturated rings. The summed E-state index contributed by atoms with van der Waals surface area (Å²) < 4.78 is 0.762. The largest absolute Gasteiger partial charge is 0.476 e. The first kappa shape index (κ1) is 12.9. The molecule has 94 valence electrons. The van der Waals surface area contributed by atoms with Gasteiger partial charge in [0.15, 0.2) is 5.69 Å². The number of pyridine rings is 1. The van der Waals surface area contributed by atoms with Crippen molar-refractivity contribution in [3.63, 3.8) is 0 Å². The molecule has 0 aliphatic rings. The fourth-order valence-electron chi connectivity index (χ4n) is 1.52. The molecule has 0 aliphatic carbocycles. The molecule has 2 heterocycles. The lowest BCUT2D eigenvalue weighted by molar-refractivity contribution is 0.0691. The van der Waals surface area contributed by atoms with Crippen molar-refractivity contribution in [3.05, 3.63) is 45.4 Å². The number of nitrogens with zero attached hydrogens (tertiary/aromatic N) is 1. The highest BCUT2D eigenvalue weighted by molar-refractivity contribution is 7.16. The summed E-state index contributed by atoms with van der Waals surface area (Å²) >= 11 is 7.36. The number of carbonyl (C=O) groups is 1. The number of hydrogen-bond donors (Lipinski definition) is 2. The third-order valence-electron chi connectivity index (χ3n) is 2.33. The monoisotopic (exact) mass is 282 g/mol. The van der Waals surface area contributed by atoms with E-state index in [4.69, 9.17) is 16.7 Å². The molecule has 6 heteroatoms. The Kier molecular flexibility index (Phi) is 4.17. The van der Waals surface area contributed by atoms with Crippen LogP contribution >= 0.6 is 22.9 Å². The first-order valence-electron chi connectivity index (χ1n) is 5.33. The lowest BCUT2D eigenvalue weighted by Crippen LogP contribution is -2.10. The van der Waals surface area contributed by atoms with E-state index in [1.165, 1.54) is 17.5 Å². The number of thiophene rings is 1. The van der Waals surface area contributed by atoms with Crippen molar-refractivity contribution in [2.24, 2.45) is 0 Å². The van der Waals surface area contributed by atoms with Crippen LogP contribution in [-0.4, -0.2) is 22.6 Å². The summed E-state index contributed by atoms with van der Waals surface area (Å²) in [6.45, 7) is 0.642. The van der Waals surface area contributed by atoms with Crippen molar-refractivity contribution >= 4 is 34.6 Å². The Morgan fingerprint density at radius 2 is 2.28 bits per heavy atom. The second kappa shape index (κ2) is 5.84. The van der Waals surface area contributed by atoms with E-state index in [-0.39, 0.29) is 5.69 Å². The molecule has 2 aromatic rings. The molecular weight excluding hydrogens is 272 g/mol. The van der Waals surface area contributed by atoms with Gasteiger partial charge in [-0.2, -0.15) is 0 Å². The number of hydrogen-bond acceptors (Lipinski definition) is 4. The third kappa shape index (κ3) is 3.21. The molecule has 0 bridgehead atoms. The summed E-state index contributed by atoms with van der Waals surface area (Å²) in [5.41, 5.74) is 0.578. The Morgan fingerprint density at radius 1 is 1.44 bits per heavy atom. The van der Waals surface area contributed by atoms with Gasteiger partial charge in [-0.3, -0.25) is 0 Å². The maximum atomic E-state index is 10.9. The molecule has 0 amide bonds. The van der Waals surface area contributed by atoms with Crippen LogP contribution < -0.4 is 5.32 Å². The summed E-state index contributed by atoms with van der Waals surface area (Å²) in [5.74, 6) is -1.03. The Hall–Kier alpha value is -1.59. The van der Waals surface area contributed by atoms with Crippen LogP contribution in [0.3, 0.4) is 0 Å².